The number of aliphatic imine (C=N–C) groups is 2. The first-order valence-corrected chi connectivity index (χ1v) is 14.1. The fourth-order valence-corrected chi connectivity index (χ4v) is 5.97. The maximum absolute atomic E-state index is 6.25. The summed E-state index contributed by atoms with van der Waals surface area (Å²) in [7, 11) is 0. The van der Waals surface area contributed by atoms with E-state index in [1.165, 1.54) is 0 Å². The van der Waals surface area contributed by atoms with Gasteiger partial charge in [-0.2, -0.15) is 5.10 Å². The third kappa shape index (κ3) is 4.17. The van der Waals surface area contributed by atoms with Crippen molar-refractivity contribution in [3.05, 3.63) is 101 Å². The molecule has 0 saturated heterocycles. The number of nitrogens with one attached hydrogen (secondary N) is 1. The third-order valence-electron chi connectivity index (χ3n) is 7.34. The summed E-state index contributed by atoms with van der Waals surface area (Å²) in [5.74, 6) is 2.99. The predicted molar refractivity (Wildman–Crippen MR) is 163 cm³/mol. The average Bonchev–Trinajstić information content (AvgIpc) is 3.56. The summed E-state index contributed by atoms with van der Waals surface area (Å²) in [6.07, 6.45) is -0.278. The quantitative estimate of drug-likeness (QED) is 0.260. The normalized spacial score (nSPS) is 21.1. The molecule has 1 aromatic heterocycles. The Hall–Kier alpha value is -4.37. The second kappa shape index (κ2) is 9.98. The van der Waals surface area contributed by atoms with Gasteiger partial charge in [-0.15, -0.1) is 0 Å². The molecule has 9 heteroatoms. The number of hydrazone groups is 1. The SMILES string of the molecule is CCOc1ccc(NC2=Nc3ccccc3N3C2=N[C@@H]2[C@@H](C(C)=NN2c2ccccc2)[C@@H]3c2ccc(Br)o2)cc1. The highest BCUT2D eigenvalue weighted by Gasteiger charge is 2.51. The van der Waals surface area contributed by atoms with Gasteiger partial charge >= 0.3 is 0 Å². The number of furan rings is 1. The lowest BCUT2D eigenvalue weighted by Gasteiger charge is -2.45. The van der Waals surface area contributed by atoms with E-state index in [1.54, 1.807) is 0 Å². The molecule has 0 bridgehead atoms. The Morgan fingerprint density at radius 2 is 1.73 bits per heavy atom. The minimum atomic E-state index is -0.278. The van der Waals surface area contributed by atoms with Crippen LogP contribution < -0.4 is 20.0 Å². The molecule has 8 nitrogen and oxygen atoms in total. The van der Waals surface area contributed by atoms with Crippen LogP contribution in [0.25, 0.3) is 0 Å². The number of anilines is 3. The van der Waals surface area contributed by atoms with Crippen LogP contribution >= 0.6 is 15.9 Å². The number of para-hydroxylation sites is 3. The van der Waals surface area contributed by atoms with Crippen LogP contribution in [-0.2, 0) is 0 Å². The molecule has 0 radical (unpaired) electrons. The van der Waals surface area contributed by atoms with Crippen molar-refractivity contribution in [1.29, 1.82) is 0 Å². The number of amidine groups is 2. The van der Waals surface area contributed by atoms with Crippen LogP contribution in [0, 0.1) is 5.92 Å². The molecule has 3 atom stereocenters. The van der Waals surface area contributed by atoms with E-state index in [-0.39, 0.29) is 18.1 Å². The van der Waals surface area contributed by atoms with E-state index in [1.807, 2.05) is 84.7 Å². The lowest BCUT2D eigenvalue weighted by Crippen LogP contribution is -2.54. The van der Waals surface area contributed by atoms with Crippen molar-refractivity contribution < 1.29 is 9.15 Å². The van der Waals surface area contributed by atoms with Gasteiger partial charge in [0.2, 0.25) is 0 Å². The van der Waals surface area contributed by atoms with E-state index >= 15 is 0 Å². The summed E-state index contributed by atoms with van der Waals surface area (Å²) in [5, 5.41) is 10.6. The fourth-order valence-electron chi connectivity index (χ4n) is 5.65. The van der Waals surface area contributed by atoms with Gasteiger partial charge in [0.15, 0.2) is 22.5 Å². The fraction of sp³-hybridized carbons (Fsp3) is 0.194. The molecule has 0 aliphatic carbocycles. The first-order chi connectivity index (χ1) is 19.6. The Morgan fingerprint density at radius 1 is 0.950 bits per heavy atom. The standard InChI is InChI=1S/C31H27BrN6O2/c1-3-39-22-15-13-20(14-16-22)33-29-31-35-30-27(19(2)36-38(30)21-9-5-4-6-10-21)28(25-17-18-26(32)40-25)37(31)24-12-8-7-11-23(24)34-29/h4-18,27-28,30H,3H2,1-2H3,(H,33,34)/t27-,28-,30-/m0/s1. The summed E-state index contributed by atoms with van der Waals surface area (Å²) < 4.78 is 12.6. The maximum Gasteiger partial charge on any atom is 0.174 e. The Morgan fingerprint density at radius 3 is 2.48 bits per heavy atom. The van der Waals surface area contributed by atoms with E-state index in [4.69, 9.17) is 24.2 Å². The molecular formula is C31H27BrN6O2. The van der Waals surface area contributed by atoms with Crippen molar-refractivity contribution in [1.82, 2.24) is 0 Å². The topological polar surface area (TPSA) is 78.0 Å². The van der Waals surface area contributed by atoms with Gasteiger partial charge in [0.25, 0.3) is 0 Å². The van der Waals surface area contributed by atoms with Gasteiger partial charge in [-0.1, -0.05) is 30.3 Å². The number of halogens is 1. The summed E-state index contributed by atoms with van der Waals surface area (Å²) >= 11 is 3.53. The second-order valence-electron chi connectivity index (χ2n) is 9.80. The molecule has 200 valence electrons. The number of hydrogen-bond donors (Lipinski definition) is 1. The summed E-state index contributed by atoms with van der Waals surface area (Å²) in [6.45, 7) is 4.67. The lowest BCUT2D eigenvalue weighted by molar-refractivity contribution is 0.340. The Balaban J connectivity index is 1.39. The highest BCUT2D eigenvalue weighted by atomic mass is 79.9. The van der Waals surface area contributed by atoms with E-state index in [0.29, 0.717) is 17.1 Å². The molecular weight excluding hydrogens is 568 g/mol. The number of benzene rings is 3. The van der Waals surface area contributed by atoms with Crippen molar-refractivity contribution in [2.24, 2.45) is 21.0 Å². The minimum absolute atomic E-state index is 0.0557. The predicted octanol–water partition coefficient (Wildman–Crippen LogP) is 7.39. The largest absolute Gasteiger partial charge is 0.494 e. The maximum atomic E-state index is 6.25. The number of fused-ring (bicyclic) bond motifs is 4. The monoisotopic (exact) mass is 594 g/mol. The zero-order valence-corrected chi connectivity index (χ0v) is 23.6. The van der Waals surface area contributed by atoms with Crippen LogP contribution in [0.4, 0.5) is 22.7 Å². The van der Waals surface area contributed by atoms with Gasteiger partial charge in [-0.3, -0.25) is 0 Å². The van der Waals surface area contributed by atoms with Crippen molar-refractivity contribution in [2.75, 3.05) is 21.8 Å². The second-order valence-corrected chi connectivity index (χ2v) is 10.6. The molecule has 4 heterocycles. The van der Waals surface area contributed by atoms with Crippen molar-refractivity contribution >= 4 is 56.1 Å². The van der Waals surface area contributed by atoms with Crippen molar-refractivity contribution in [3.63, 3.8) is 0 Å². The lowest BCUT2D eigenvalue weighted by atomic mass is 9.86. The number of hydrogen-bond acceptors (Lipinski definition) is 8. The third-order valence-corrected chi connectivity index (χ3v) is 7.77. The average molecular weight is 596 g/mol. The molecule has 3 aromatic carbocycles. The van der Waals surface area contributed by atoms with Gasteiger partial charge < -0.3 is 19.4 Å². The molecule has 4 aromatic rings. The van der Waals surface area contributed by atoms with Gasteiger partial charge in [0, 0.05) is 11.4 Å². The van der Waals surface area contributed by atoms with E-state index in [2.05, 4.69) is 51.3 Å². The number of ether oxygens (including phenoxy) is 1. The van der Waals surface area contributed by atoms with Gasteiger partial charge in [0.05, 0.1) is 29.6 Å². The van der Waals surface area contributed by atoms with Gasteiger partial charge in [0.1, 0.15) is 17.6 Å². The summed E-state index contributed by atoms with van der Waals surface area (Å²) in [6, 6.07) is 30.0. The molecule has 3 aliphatic rings. The van der Waals surface area contributed by atoms with E-state index in [9.17, 15) is 0 Å². The van der Waals surface area contributed by atoms with Crippen LogP contribution in [0.15, 0.2) is 115 Å². The van der Waals surface area contributed by atoms with Crippen LogP contribution in [0.5, 0.6) is 5.75 Å². The Labute approximate surface area is 240 Å². The van der Waals surface area contributed by atoms with Crippen LogP contribution in [0.1, 0.15) is 25.6 Å². The van der Waals surface area contributed by atoms with Gasteiger partial charge in [-0.05, 0) is 90.4 Å². The Kier molecular flexibility index (Phi) is 6.15. The molecule has 0 saturated carbocycles. The van der Waals surface area contributed by atoms with Crippen molar-refractivity contribution in [3.8, 4) is 5.75 Å². The van der Waals surface area contributed by atoms with E-state index < -0.39 is 0 Å². The summed E-state index contributed by atoms with van der Waals surface area (Å²) in [4.78, 5) is 12.7. The molecule has 40 heavy (non-hydrogen) atoms. The number of nitrogens with zero attached hydrogens (tertiary/aromatic N) is 5. The minimum Gasteiger partial charge on any atom is -0.494 e. The zero-order chi connectivity index (χ0) is 27.2. The summed E-state index contributed by atoms with van der Waals surface area (Å²) in [5.41, 5.74) is 4.70. The molecule has 1 N–H and O–H groups in total. The molecule has 0 amide bonds. The van der Waals surface area contributed by atoms with E-state index in [0.717, 1.165) is 45.8 Å². The molecule has 3 aliphatic heterocycles. The van der Waals surface area contributed by atoms with Crippen LogP contribution in [-0.4, -0.2) is 30.2 Å². The highest BCUT2D eigenvalue weighted by Crippen LogP contribution is 2.49. The Bertz CT molecular complexity index is 1650. The first kappa shape index (κ1) is 24.7. The number of rotatable bonds is 5. The van der Waals surface area contributed by atoms with Gasteiger partial charge in [-0.25, -0.2) is 15.0 Å². The van der Waals surface area contributed by atoms with Crippen LogP contribution in [0.2, 0.25) is 0 Å². The zero-order valence-electron chi connectivity index (χ0n) is 22.0. The first-order valence-electron chi connectivity index (χ1n) is 13.3. The molecule has 0 fully saturated rings. The molecule has 0 unspecified atom stereocenters. The molecule has 7 rings (SSSR count). The van der Waals surface area contributed by atoms with Crippen LogP contribution in [0.3, 0.4) is 0 Å². The smallest absolute Gasteiger partial charge is 0.174 e. The van der Waals surface area contributed by atoms with Crippen molar-refractivity contribution in [2.45, 2.75) is 26.1 Å². The molecule has 0 spiro atoms. The highest BCUT2D eigenvalue weighted by molar-refractivity contribution is 9.10.